The maximum atomic E-state index is 12.7. The number of nitrogens with zero attached hydrogens (tertiary/aromatic N) is 5. The second-order valence-electron chi connectivity index (χ2n) is 5.68. The van der Waals surface area contributed by atoms with E-state index >= 15 is 0 Å². The van der Waals surface area contributed by atoms with Crippen LogP contribution in [0, 0.1) is 13.8 Å². The smallest absolute Gasteiger partial charge is 0.291 e. The Labute approximate surface area is 140 Å². The highest BCUT2D eigenvalue weighted by Gasteiger charge is 2.25. The molecular weight excluding hydrogens is 310 g/mol. The Morgan fingerprint density at radius 2 is 2.04 bits per heavy atom. The summed E-state index contributed by atoms with van der Waals surface area (Å²) in [7, 11) is 1.58. The first kappa shape index (κ1) is 16.2. The summed E-state index contributed by atoms with van der Waals surface area (Å²) in [6.45, 7) is 6.22. The van der Waals surface area contributed by atoms with Gasteiger partial charge in [-0.15, -0.1) is 0 Å². The highest BCUT2D eigenvalue weighted by molar-refractivity contribution is 5.92. The Bertz CT molecular complexity index is 730. The molecule has 2 aromatic heterocycles. The molecular formula is C16H21N5O3. The maximum Gasteiger partial charge on any atom is 0.291 e. The molecule has 1 fully saturated rings. The molecule has 128 valence electrons. The van der Waals surface area contributed by atoms with Crippen LogP contribution in [-0.2, 0) is 0 Å². The first-order valence-corrected chi connectivity index (χ1v) is 7.94. The van der Waals surface area contributed by atoms with E-state index in [4.69, 9.17) is 9.15 Å². The van der Waals surface area contributed by atoms with E-state index in [1.54, 1.807) is 38.1 Å². The topological polar surface area (TPSA) is 84.6 Å². The molecule has 3 rings (SSSR count). The summed E-state index contributed by atoms with van der Waals surface area (Å²) in [5.41, 5.74) is 0.634. The van der Waals surface area contributed by atoms with Crippen LogP contribution in [0.1, 0.15) is 28.6 Å². The van der Waals surface area contributed by atoms with Crippen LogP contribution in [-0.4, -0.2) is 59.0 Å². The number of aryl methyl sites for hydroxylation is 2. The van der Waals surface area contributed by atoms with E-state index in [1.807, 2.05) is 0 Å². The van der Waals surface area contributed by atoms with Crippen molar-refractivity contribution in [3.05, 3.63) is 29.6 Å². The second-order valence-corrected chi connectivity index (χ2v) is 5.68. The van der Waals surface area contributed by atoms with Crippen LogP contribution in [0.2, 0.25) is 0 Å². The summed E-state index contributed by atoms with van der Waals surface area (Å²) in [6.07, 6.45) is 2.51. The Morgan fingerprint density at radius 1 is 1.21 bits per heavy atom. The van der Waals surface area contributed by atoms with Gasteiger partial charge in [-0.05, 0) is 13.3 Å². The molecule has 1 aliphatic rings. The summed E-state index contributed by atoms with van der Waals surface area (Å²) in [5.74, 6) is 1.89. The zero-order chi connectivity index (χ0) is 17.1. The lowest BCUT2D eigenvalue weighted by Gasteiger charge is -2.21. The van der Waals surface area contributed by atoms with Gasteiger partial charge >= 0.3 is 0 Å². The summed E-state index contributed by atoms with van der Waals surface area (Å²) in [4.78, 5) is 29.4. The summed E-state index contributed by atoms with van der Waals surface area (Å²) in [6, 6.07) is 1.71. The van der Waals surface area contributed by atoms with Crippen molar-refractivity contribution < 1.29 is 13.9 Å². The molecule has 2 aromatic rings. The van der Waals surface area contributed by atoms with Crippen LogP contribution in [0.15, 0.2) is 16.7 Å². The summed E-state index contributed by atoms with van der Waals surface area (Å²) in [5, 5.41) is 0. The zero-order valence-corrected chi connectivity index (χ0v) is 14.2. The zero-order valence-electron chi connectivity index (χ0n) is 14.2. The molecule has 0 atom stereocenters. The Hall–Kier alpha value is -2.64. The molecule has 0 N–H and O–H groups in total. The molecule has 0 unspecified atom stereocenters. The molecule has 0 radical (unpaired) electrons. The fourth-order valence-corrected chi connectivity index (χ4v) is 2.79. The van der Waals surface area contributed by atoms with Crippen LogP contribution in [0.5, 0.6) is 5.88 Å². The fraction of sp³-hybridized carbons (Fsp3) is 0.500. The number of amides is 1. The van der Waals surface area contributed by atoms with Crippen molar-refractivity contribution in [2.45, 2.75) is 20.3 Å². The third-order valence-corrected chi connectivity index (χ3v) is 3.99. The number of hydrogen-bond donors (Lipinski definition) is 0. The average Bonchev–Trinajstić information content (AvgIpc) is 2.79. The standard InChI is InChI=1S/C16H21N5O3/c1-11-14(24-12(2)18-11)15(22)20-7-4-8-21(10-9-20)16-17-6-5-13(19-16)23-3/h5-6H,4,7-10H2,1-3H3. The van der Waals surface area contributed by atoms with Crippen molar-refractivity contribution in [1.29, 1.82) is 0 Å². The lowest BCUT2D eigenvalue weighted by atomic mass is 10.3. The number of methoxy groups -OCH3 is 1. The monoisotopic (exact) mass is 331 g/mol. The lowest BCUT2D eigenvalue weighted by molar-refractivity contribution is 0.0732. The quantitative estimate of drug-likeness (QED) is 0.841. The molecule has 3 heterocycles. The minimum atomic E-state index is -0.110. The van der Waals surface area contributed by atoms with E-state index in [-0.39, 0.29) is 5.91 Å². The summed E-state index contributed by atoms with van der Waals surface area (Å²) < 4.78 is 10.6. The van der Waals surface area contributed by atoms with E-state index < -0.39 is 0 Å². The number of carbonyl (C=O) groups is 1. The number of ether oxygens (including phenoxy) is 1. The number of carbonyl (C=O) groups excluding carboxylic acids is 1. The van der Waals surface area contributed by atoms with Crippen molar-refractivity contribution in [1.82, 2.24) is 19.9 Å². The van der Waals surface area contributed by atoms with Crippen molar-refractivity contribution in [3.8, 4) is 5.88 Å². The molecule has 0 aromatic carbocycles. The first-order valence-electron chi connectivity index (χ1n) is 7.94. The number of rotatable bonds is 3. The number of oxazole rings is 1. The van der Waals surface area contributed by atoms with E-state index in [9.17, 15) is 4.79 Å². The SMILES string of the molecule is COc1ccnc(N2CCCN(C(=O)c3oc(C)nc3C)CC2)n1. The van der Waals surface area contributed by atoms with Crippen LogP contribution in [0.4, 0.5) is 5.95 Å². The van der Waals surface area contributed by atoms with E-state index in [1.165, 1.54) is 0 Å². The van der Waals surface area contributed by atoms with E-state index in [0.717, 1.165) is 13.0 Å². The molecule has 8 nitrogen and oxygen atoms in total. The van der Waals surface area contributed by atoms with E-state index in [0.29, 0.717) is 48.8 Å². The predicted molar refractivity (Wildman–Crippen MR) is 87.3 cm³/mol. The second kappa shape index (κ2) is 6.86. The van der Waals surface area contributed by atoms with Crippen LogP contribution in [0.25, 0.3) is 0 Å². The first-order chi connectivity index (χ1) is 11.6. The largest absolute Gasteiger partial charge is 0.481 e. The van der Waals surface area contributed by atoms with Crippen molar-refractivity contribution in [3.63, 3.8) is 0 Å². The van der Waals surface area contributed by atoms with Gasteiger partial charge in [0.15, 0.2) is 5.89 Å². The predicted octanol–water partition coefficient (Wildman–Crippen LogP) is 1.44. The maximum absolute atomic E-state index is 12.7. The lowest BCUT2D eigenvalue weighted by Crippen LogP contribution is -2.35. The molecule has 1 saturated heterocycles. The highest BCUT2D eigenvalue weighted by Crippen LogP contribution is 2.17. The Morgan fingerprint density at radius 3 is 2.75 bits per heavy atom. The van der Waals surface area contributed by atoms with Gasteiger partial charge in [0.25, 0.3) is 5.91 Å². The Balaban J connectivity index is 1.70. The number of hydrogen-bond acceptors (Lipinski definition) is 7. The molecule has 0 saturated carbocycles. The van der Waals surface area contributed by atoms with Gasteiger partial charge in [0, 0.05) is 45.4 Å². The van der Waals surface area contributed by atoms with Crippen molar-refractivity contribution in [2.24, 2.45) is 0 Å². The van der Waals surface area contributed by atoms with E-state index in [2.05, 4.69) is 19.9 Å². The third kappa shape index (κ3) is 3.32. The molecule has 1 amide bonds. The van der Waals surface area contributed by atoms with Gasteiger partial charge in [-0.25, -0.2) is 9.97 Å². The van der Waals surface area contributed by atoms with Gasteiger partial charge < -0.3 is 19.0 Å². The fourth-order valence-electron chi connectivity index (χ4n) is 2.79. The van der Waals surface area contributed by atoms with Crippen LogP contribution >= 0.6 is 0 Å². The number of anilines is 1. The van der Waals surface area contributed by atoms with Gasteiger partial charge in [0.1, 0.15) is 0 Å². The molecule has 0 spiro atoms. The number of aromatic nitrogens is 3. The van der Waals surface area contributed by atoms with Gasteiger partial charge in [-0.3, -0.25) is 4.79 Å². The van der Waals surface area contributed by atoms with Crippen molar-refractivity contribution >= 4 is 11.9 Å². The molecule has 0 aliphatic carbocycles. The summed E-state index contributed by atoms with van der Waals surface area (Å²) >= 11 is 0. The molecule has 8 heteroatoms. The van der Waals surface area contributed by atoms with Crippen LogP contribution in [0.3, 0.4) is 0 Å². The normalized spacial score (nSPS) is 15.3. The average molecular weight is 331 g/mol. The minimum Gasteiger partial charge on any atom is -0.481 e. The van der Waals surface area contributed by atoms with Crippen molar-refractivity contribution in [2.75, 3.05) is 38.2 Å². The Kier molecular flexibility index (Phi) is 4.64. The van der Waals surface area contributed by atoms with Gasteiger partial charge in [-0.2, -0.15) is 4.98 Å². The van der Waals surface area contributed by atoms with Gasteiger partial charge in [0.05, 0.1) is 12.8 Å². The van der Waals surface area contributed by atoms with Gasteiger partial charge in [-0.1, -0.05) is 0 Å². The van der Waals surface area contributed by atoms with Crippen LogP contribution < -0.4 is 9.64 Å². The minimum absolute atomic E-state index is 0.110. The van der Waals surface area contributed by atoms with Gasteiger partial charge in [0.2, 0.25) is 17.6 Å². The highest BCUT2D eigenvalue weighted by atomic mass is 16.5. The molecule has 24 heavy (non-hydrogen) atoms. The molecule has 1 aliphatic heterocycles. The third-order valence-electron chi connectivity index (χ3n) is 3.99. The molecule has 0 bridgehead atoms.